The summed E-state index contributed by atoms with van der Waals surface area (Å²) < 4.78 is 40.9. The molecule has 0 bridgehead atoms. The van der Waals surface area contributed by atoms with Gasteiger partial charge in [0.15, 0.2) is 5.69 Å². The lowest BCUT2D eigenvalue weighted by Gasteiger charge is -2.09. The van der Waals surface area contributed by atoms with Crippen LogP contribution in [0.15, 0.2) is 34.8 Å². The van der Waals surface area contributed by atoms with Gasteiger partial charge in [0.25, 0.3) is 0 Å². The third-order valence-corrected chi connectivity index (χ3v) is 4.56. The van der Waals surface area contributed by atoms with Gasteiger partial charge in [-0.3, -0.25) is 4.68 Å². The number of urea groups is 1. The van der Waals surface area contributed by atoms with E-state index in [0.29, 0.717) is 30.9 Å². The summed E-state index contributed by atoms with van der Waals surface area (Å²) >= 11 is 3.31. The van der Waals surface area contributed by atoms with Gasteiger partial charge in [0.1, 0.15) is 0 Å². The zero-order chi connectivity index (χ0) is 18.7. The first-order valence-corrected chi connectivity index (χ1v) is 9.07. The molecule has 0 radical (unpaired) electrons. The first-order chi connectivity index (χ1) is 12.3. The molecule has 9 heteroatoms. The number of halogens is 4. The average molecular weight is 431 g/mol. The molecular formula is C17H18BrF3N4O. The van der Waals surface area contributed by atoms with E-state index in [4.69, 9.17) is 0 Å². The Bertz CT molecular complexity index is 769. The second kappa shape index (κ2) is 7.69. The van der Waals surface area contributed by atoms with Gasteiger partial charge < -0.3 is 10.6 Å². The topological polar surface area (TPSA) is 59.0 Å². The van der Waals surface area contributed by atoms with Crippen molar-refractivity contribution in [2.45, 2.75) is 37.9 Å². The molecule has 1 aromatic carbocycles. The van der Waals surface area contributed by atoms with Crippen molar-refractivity contribution in [3.05, 3.63) is 46.2 Å². The van der Waals surface area contributed by atoms with Gasteiger partial charge in [0, 0.05) is 34.9 Å². The van der Waals surface area contributed by atoms with Crippen molar-refractivity contribution in [1.82, 2.24) is 15.1 Å². The van der Waals surface area contributed by atoms with Crippen molar-refractivity contribution in [3.8, 4) is 0 Å². The maximum Gasteiger partial charge on any atom is 0.435 e. The molecule has 26 heavy (non-hydrogen) atoms. The molecule has 0 spiro atoms. The molecule has 0 unspecified atom stereocenters. The molecule has 1 heterocycles. The van der Waals surface area contributed by atoms with Gasteiger partial charge >= 0.3 is 12.2 Å². The highest BCUT2D eigenvalue weighted by molar-refractivity contribution is 9.10. The SMILES string of the molecule is O=C(NCCCn1nc(C(F)(F)F)cc1C1CC1)Nc1ccc(Br)cc1. The Morgan fingerprint density at radius 2 is 1.96 bits per heavy atom. The number of anilines is 1. The van der Waals surface area contributed by atoms with Gasteiger partial charge in [-0.25, -0.2) is 4.79 Å². The molecule has 2 aromatic rings. The van der Waals surface area contributed by atoms with Crippen LogP contribution in [0.4, 0.5) is 23.7 Å². The van der Waals surface area contributed by atoms with Gasteiger partial charge in [0.05, 0.1) is 0 Å². The molecule has 2 N–H and O–H groups in total. The van der Waals surface area contributed by atoms with Crippen LogP contribution in [0.3, 0.4) is 0 Å². The van der Waals surface area contributed by atoms with Gasteiger partial charge in [-0.05, 0) is 49.6 Å². The van der Waals surface area contributed by atoms with Gasteiger partial charge in [-0.15, -0.1) is 0 Å². The van der Waals surface area contributed by atoms with Crippen LogP contribution >= 0.6 is 15.9 Å². The Kier molecular flexibility index (Phi) is 5.55. The van der Waals surface area contributed by atoms with E-state index in [9.17, 15) is 18.0 Å². The largest absolute Gasteiger partial charge is 0.435 e. The molecule has 0 saturated heterocycles. The highest BCUT2D eigenvalue weighted by atomic mass is 79.9. The van der Waals surface area contributed by atoms with E-state index in [-0.39, 0.29) is 11.9 Å². The molecule has 1 aromatic heterocycles. The normalized spacial score (nSPS) is 14.3. The zero-order valence-corrected chi connectivity index (χ0v) is 15.4. The Hall–Kier alpha value is -2.03. The molecular weight excluding hydrogens is 413 g/mol. The van der Waals surface area contributed by atoms with Crippen LogP contribution in [0.5, 0.6) is 0 Å². The molecule has 1 fully saturated rings. The van der Waals surface area contributed by atoms with E-state index in [1.54, 1.807) is 12.1 Å². The van der Waals surface area contributed by atoms with Crippen LogP contribution in [-0.4, -0.2) is 22.4 Å². The fourth-order valence-electron chi connectivity index (χ4n) is 2.60. The highest BCUT2D eigenvalue weighted by Crippen LogP contribution is 2.42. The third kappa shape index (κ3) is 5.00. The van der Waals surface area contributed by atoms with Crippen molar-refractivity contribution < 1.29 is 18.0 Å². The quantitative estimate of drug-likeness (QED) is 0.649. The molecule has 140 valence electrons. The minimum Gasteiger partial charge on any atom is -0.338 e. The number of aryl methyl sites for hydroxylation is 1. The lowest BCUT2D eigenvalue weighted by Crippen LogP contribution is -2.30. The number of amides is 2. The number of nitrogens with zero attached hydrogens (tertiary/aromatic N) is 2. The monoisotopic (exact) mass is 430 g/mol. The standard InChI is InChI=1S/C17H18BrF3N4O/c18-12-4-6-13(7-5-12)23-16(26)22-8-1-9-25-14(11-2-3-11)10-15(24-25)17(19,20)21/h4-7,10-11H,1-3,8-9H2,(H2,22,23,26). The smallest absolute Gasteiger partial charge is 0.338 e. The van der Waals surface area contributed by atoms with Gasteiger partial charge in [0.2, 0.25) is 0 Å². The molecule has 1 aliphatic rings. The van der Waals surface area contributed by atoms with Crippen molar-refractivity contribution in [3.63, 3.8) is 0 Å². The van der Waals surface area contributed by atoms with Gasteiger partial charge in [-0.1, -0.05) is 15.9 Å². The molecule has 0 atom stereocenters. The third-order valence-electron chi connectivity index (χ3n) is 4.03. The minimum absolute atomic E-state index is 0.173. The number of alkyl halides is 3. The van der Waals surface area contributed by atoms with Crippen LogP contribution in [0.2, 0.25) is 0 Å². The number of carbonyl (C=O) groups is 1. The number of rotatable bonds is 6. The Morgan fingerprint density at radius 1 is 1.27 bits per heavy atom. The summed E-state index contributed by atoms with van der Waals surface area (Å²) in [6.07, 6.45) is -2.14. The van der Waals surface area contributed by atoms with Crippen LogP contribution in [0, 0.1) is 0 Å². The Balaban J connectivity index is 1.48. The second-order valence-corrected chi connectivity index (χ2v) is 7.11. The van der Waals surface area contributed by atoms with E-state index in [1.807, 2.05) is 12.1 Å². The Labute approximate surface area is 157 Å². The van der Waals surface area contributed by atoms with Crippen molar-refractivity contribution in [2.75, 3.05) is 11.9 Å². The molecule has 2 amide bonds. The summed E-state index contributed by atoms with van der Waals surface area (Å²) in [6, 6.07) is 7.93. The van der Waals surface area contributed by atoms with Crippen LogP contribution in [0.1, 0.15) is 36.6 Å². The number of carbonyl (C=O) groups excluding carboxylic acids is 1. The predicted molar refractivity (Wildman–Crippen MR) is 95.0 cm³/mol. The van der Waals surface area contributed by atoms with E-state index in [2.05, 4.69) is 31.7 Å². The summed E-state index contributed by atoms with van der Waals surface area (Å²) in [7, 11) is 0. The van der Waals surface area contributed by atoms with Gasteiger partial charge in [-0.2, -0.15) is 18.3 Å². The molecule has 1 saturated carbocycles. The van der Waals surface area contributed by atoms with Crippen molar-refractivity contribution >= 4 is 27.6 Å². The fraction of sp³-hybridized carbons (Fsp3) is 0.412. The number of benzene rings is 1. The van der Waals surface area contributed by atoms with E-state index in [0.717, 1.165) is 23.4 Å². The van der Waals surface area contributed by atoms with Crippen LogP contribution < -0.4 is 10.6 Å². The lowest BCUT2D eigenvalue weighted by molar-refractivity contribution is -0.141. The van der Waals surface area contributed by atoms with Crippen LogP contribution in [-0.2, 0) is 12.7 Å². The first kappa shape index (κ1) is 18.8. The summed E-state index contributed by atoms with van der Waals surface area (Å²) in [5.74, 6) is 0.173. The van der Waals surface area contributed by atoms with E-state index < -0.39 is 11.9 Å². The van der Waals surface area contributed by atoms with E-state index in [1.165, 1.54) is 4.68 Å². The second-order valence-electron chi connectivity index (χ2n) is 6.19. The number of hydrogen-bond acceptors (Lipinski definition) is 2. The zero-order valence-electron chi connectivity index (χ0n) is 13.8. The number of aromatic nitrogens is 2. The summed E-state index contributed by atoms with van der Waals surface area (Å²) in [6.45, 7) is 0.675. The summed E-state index contributed by atoms with van der Waals surface area (Å²) in [5.41, 5.74) is 0.445. The summed E-state index contributed by atoms with van der Waals surface area (Å²) in [4.78, 5) is 11.8. The molecule has 3 rings (SSSR count). The molecule has 5 nitrogen and oxygen atoms in total. The van der Waals surface area contributed by atoms with Crippen molar-refractivity contribution in [2.24, 2.45) is 0 Å². The van der Waals surface area contributed by atoms with Crippen LogP contribution in [0.25, 0.3) is 0 Å². The van der Waals surface area contributed by atoms with Crippen molar-refractivity contribution in [1.29, 1.82) is 0 Å². The maximum absolute atomic E-state index is 12.8. The number of nitrogens with one attached hydrogen (secondary N) is 2. The Morgan fingerprint density at radius 3 is 2.58 bits per heavy atom. The maximum atomic E-state index is 12.8. The predicted octanol–water partition coefficient (Wildman–Crippen LogP) is 4.75. The lowest BCUT2D eigenvalue weighted by atomic mass is 10.2. The molecule has 0 aliphatic heterocycles. The van der Waals surface area contributed by atoms with E-state index >= 15 is 0 Å². The first-order valence-electron chi connectivity index (χ1n) is 8.28. The average Bonchev–Trinajstić information content (AvgIpc) is 3.32. The number of hydrogen-bond donors (Lipinski definition) is 2. The highest BCUT2D eigenvalue weighted by Gasteiger charge is 2.37. The summed E-state index contributed by atoms with van der Waals surface area (Å²) in [5, 5.41) is 9.08. The minimum atomic E-state index is -4.43. The molecule has 1 aliphatic carbocycles. The fourth-order valence-corrected chi connectivity index (χ4v) is 2.86.